The van der Waals surface area contributed by atoms with Gasteiger partial charge in [-0.1, -0.05) is 319 Å². The Balaban J connectivity index is 4.00. The van der Waals surface area contributed by atoms with Crippen molar-refractivity contribution in [3.8, 4) is 0 Å². The first-order valence-electron chi connectivity index (χ1n) is 32.8. The molecule has 0 spiro atoms. The molecule has 0 saturated carbocycles. The van der Waals surface area contributed by atoms with Crippen LogP contribution < -0.4 is 0 Å². The van der Waals surface area contributed by atoms with Crippen molar-refractivity contribution in [2.45, 2.75) is 348 Å². The van der Waals surface area contributed by atoms with E-state index in [9.17, 15) is 14.4 Å². The van der Waals surface area contributed by atoms with Gasteiger partial charge in [0.25, 0.3) is 0 Å². The van der Waals surface area contributed by atoms with Crippen LogP contribution in [0.1, 0.15) is 342 Å². The van der Waals surface area contributed by atoms with Crippen LogP contribution in [-0.2, 0) is 28.6 Å². The minimum Gasteiger partial charge on any atom is -0.462 e. The molecule has 436 valence electrons. The van der Waals surface area contributed by atoms with Gasteiger partial charge in [0.2, 0.25) is 0 Å². The van der Waals surface area contributed by atoms with Gasteiger partial charge in [0, 0.05) is 19.3 Å². The van der Waals surface area contributed by atoms with Crippen molar-refractivity contribution < 1.29 is 28.6 Å². The Morgan fingerprint density at radius 1 is 0.280 bits per heavy atom. The number of carbonyl (C=O) groups is 3. The number of hydrogen-bond acceptors (Lipinski definition) is 6. The highest BCUT2D eigenvalue weighted by Crippen LogP contribution is 2.18. The summed E-state index contributed by atoms with van der Waals surface area (Å²) in [5, 5.41) is 0. The maximum Gasteiger partial charge on any atom is 0.306 e. The Hall–Kier alpha value is -2.89. The molecule has 0 rings (SSSR count). The van der Waals surface area contributed by atoms with E-state index < -0.39 is 6.10 Å². The molecule has 0 aliphatic heterocycles. The van der Waals surface area contributed by atoms with Crippen LogP contribution in [0.5, 0.6) is 0 Å². The average Bonchev–Trinajstić information content (AvgIpc) is 3.41. The molecular weight excluding hydrogens is 925 g/mol. The molecule has 0 aromatic carbocycles. The second kappa shape index (κ2) is 63.6. The Kier molecular flexibility index (Phi) is 61.2. The van der Waals surface area contributed by atoms with E-state index in [0.29, 0.717) is 19.3 Å². The first kappa shape index (κ1) is 72.1. The van der Waals surface area contributed by atoms with Gasteiger partial charge < -0.3 is 14.2 Å². The van der Waals surface area contributed by atoms with E-state index in [1.54, 1.807) is 0 Å². The molecule has 6 heteroatoms. The van der Waals surface area contributed by atoms with Crippen molar-refractivity contribution >= 4 is 17.9 Å². The number of hydrogen-bond donors (Lipinski definition) is 0. The Morgan fingerprint density at radius 3 is 0.813 bits per heavy atom. The van der Waals surface area contributed by atoms with Gasteiger partial charge in [0.05, 0.1) is 0 Å². The standard InChI is InChI=1S/C69H124O6/c1-4-7-10-13-16-18-20-22-24-26-27-28-29-30-31-32-33-34-35-36-37-38-39-40-41-43-44-46-48-50-53-56-59-62-68(71)74-65-66(64-73-67(70)61-58-55-52-15-12-9-6-3)75-69(72)63-60-57-54-51-49-47-45-42-25-23-21-19-17-14-11-8-5-2/h7,10,16,18,22,24,27-28,30-31,66H,4-6,8-9,11-15,17,19-21,23,25-26,29,32-65H2,1-3H3/b10-7-,18-16-,24-22-,28-27-,31-30-. The van der Waals surface area contributed by atoms with Crippen LogP contribution in [0.4, 0.5) is 0 Å². The minimum absolute atomic E-state index is 0.0677. The van der Waals surface area contributed by atoms with Crippen LogP contribution in [0.15, 0.2) is 60.8 Å². The predicted octanol–water partition coefficient (Wildman–Crippen LogP) is 22.3. The summed E-state index contributed by atoms with van der Waals surface area (Å²) < 4.78 is 16.8. The molecule has 0 aromatic heterocycles. The second-order valence-electron chi connectivity index (χ2n) is 22.0. The van der Waals surface area contributed by atoms with E-state index in [2.05, 4.69) is 81.5 Å². The SMILES string of the molecule is CC/C=C\C/C=C\C/C=C\C/C=C\C/C=C\CCCCCCCCCCCCCCCCCCCC(=O)OCC(COC(=O)CCCCCCCCC)OC(=O)CCCCCCCCCCCCCCCCCCC. The number of ether oxygens (including phenoxy) is 3. The van der Waals surface area contributed by atoms with Crippen LogP contribution >= 0.6 is 0 Å². The molecule has 0 aromatic rings. The number of carbonyl (C=O) groups excluding carboxylic acids is 3. The van der Waals surface area contributed by atoms with Gasteiger partial charge in [0.15, 0.2) is 6.10 Å². The van der Waals surface area contributed by atoms with Gasteiger partial charge in [0.1, 0.15) is 13.2 Å². The first-order chi connectivity index (χ1) is 37.0. The highest BCUT2D eigenvalue weighted by atomic mass is 16.6. The maximum atomic E-state index is 12.8. The molecule has 75 heavy (non-hydrogen) atoms. The Labute approximate surface area is 466 Å². The molecule has 0 amide bonds. The topological polar surface area (TPSA) is 78.9 Å². The average molecular weight is 1050 g/mol. The number of unbranched alkanes of at least 4 members (excludes halogenated alkanes) is 39. The lowest BCUT2D eigenvalue weighted by Gasteiger charge is -2.18. The molecule has 0 aliphatic carbocycles. The van der Waals surface area contributed by atoms with Crippen molar-refractivity contribution in [2.75, 3.05) is 13.2 Å². The lowest BCUT2D eigenvalue weighted by molar-refractivity contribution is -0.167. The lowest BCUT2D eigenvalue weighted by Crippen LogP contribution is -2.30. The van der Waals surface area contributed by atoms with Crippen LogP contribution in [0.3, 0.4) is 0 Å². The Morgan fingerprint density at radius 2 is 0.520 bits per heavy atom. The summed E-state index contributed by atoms with van der Waals surface area (Å²) >= 11 is 0. The quantitative estimate of drug-likeness (QED) is 0.0261. The van der Waals surface area contributed by atoms with E-state index in [-0.39, 0.29) is 31.1 Å². The van der Waals surface area contributed by atoms with E-state index >= 15 is 0 Å². The zero-order valence-electron chi connectivity index (χ0n) is 50.1. The number of allylic oxidation sites excluding steroid dienone is 10. The van der Waals surface area contributed by atoms with E-state index in [1.165, 1.54) is 212 Å². The summed E-state index contributed by atoms with van der Waals surface area (Å²) in [7, 11) is 0. The molecule has 0 heterocycles. The van der Waals surface area contributed by atoms with Gasteiger partial charge in [-0.25, -0.2) is 0 Å². The molecule has 0 N–H and O–H groups in total. The molecule has 1 atom stereocenters. The molecule has 0 radical (unpaired) electrons. The second-order valence-corrected chi connectivity index (χ2v) is 22.0. The zero-order valence-corrected chi connectivity index (χ0v) is 50.1. The maximum absolute atomic E-state index is 12.8. The normalized spacial score (nSPS) is 12.4. The summed E-state index contributed by atoms with van der Waals surface area (Å²) in [6.45, 7) is 6.53. The summed E-state index contributed by atoms with van der Waals surface area (Å²) in [6, 6.07) is 0. The van der Waals surface area contributed by atoms with Gasteiger partial charge in [-0.3, -0.25) is 14.4 Å². The van der Waals surface area contributed by atoms with Crippen molar-refractivity contribution in [2.24, 2.45) is 0 Å². The molecule has 0 bridgehead atoms. The predicted molar refractivity (Wildman–Crippen MR) is 325 cm³/mol. The zero-order chi connectivity index (χ0) is 54.3. The van der Waals surface area contributed by atoms with Crippen LogP contribution in [0.2, 0.25) is 0 Å². The summed E-state index contributed by atoms with van der Waals surface area (Å²) in [4.78, 5) is 38.1. The van der Waals surface area contributed by atoms with Crippen molar-refractivity contribution in [3.63, 3.8) is 0 Å². The highest BCUT2D eigenvalue weighted by molar-refractivity contribution is 5.71. The van der Waals surface area contributed by atoms with Gasteiger partial charge >= 0.3 is 17.9 Å². The molecule has 0 saturated heterocycles. The largest absolute Gasteiger partial charge is 0.462 e. The third-order valence-corrected chi connectivity index (χ3v) is 14.5. The van der Waals surface area contributed by atoms with Gasteiger partial charge in [-0.2, -0.15) is 0 Å². The fraction of sp³-hybridized carbons (Fsp3) is 0.812. The van der Waals surface area contributed by atoms with E-state index in [1.807, 2.05) is 0 Å². The van der Waals surface area contributed by atoms with Gasteiger partial charge in [-0.05, 0) is 64.2 Å². The lowest BCUT2D eigenvalue weighted by atomic mass is 10.0. The summed E-state index contributed by atoms with van der Waals surface area (Å²) in [6.07, 6.45) is 81.3. The molecule has 0 aliphatic rings. The van der Waals surface area contributed by atoms with Crippen LogP contribution in [-0.4, -0.2) is 37.2 Å². The molecule has 1 unspecified atom stereocenters. The van der Waals surface area contributed by atoms with Crippen molar-refractivity contribution in [1.29, 1.82) is 0 Å². The molecular formula is C69H124O6. The monoisotopic (exact) mass is 1050 g/mol. The van der Waals surface area contributed by atoms with Crippen LogP contribution in [0, 0.1) is 0 Å². The third kappa shape index (κ3) is 61.8. The smallest absolute Gasteiger partial charge is 0.306 e. The third-order valence-electron chi connectivity index (χ3n) is 14.5. The number of rotatable bonds is 60. The minimum atomic E-state index is -0.766. The van der Waals surface area contributed by atoms with Gasteiger partial charge in [-0.15, -0.1) is 0 Å². The van der Waals surface area contributed by atoms with Crippen molar-refractivity contribution in [3.05, 3.63) is 60.8 Å². The fourth-order valence-corrected chi connectivity index (χ4v) is 9.65. The number of esters is 3. The summed E-state index contributed by atoms with van der Waals surface area (Å²) in [5.74, 6) is -0.853. The highest BCUT2D eigenvalue weighted by Gasteiger charge is 2.19. The van der Waals surface area contributed by atoms with Crippen molar-refractivity contribution in [1.82, 2.24) is 0 Å². The first-order valence-corrected chi connectivity index (χ1v) is 32.8. The fourth-order valence-electron chi connectivity index (χ4n) is 9.65. The Bertz CT molecular complexity index is 1340. The van der Waals surface area contributed by atoms with E-state index in [0.717, 1.165) is 89.9 Å². The molecule has 6 nitrogen and oxygen atoms in total. The van der Waals surface area contributed by atoms with E-state index in [4.69, 9.17) is 14.2 Å². The van der Waals surface area contributed by atoms with Crippen LogP contribution in [0.25, 0.3) is 0 Å². The summed E-state index contributed by atoms with van der Waals surface area (Å²) in [5.41, 5.74) is 0. The molecule has 0 fully saturated rings.